The number of benzene rings is 2. The van der Waals surface area contributed by atoms with Gasteiger partial charge >= 0.3 is 0 Å². The molecule has 4 rings (SSSR count). The lowest BCUT2D eigenvalue weighted by Gasteiger charge is -2.31. The van der Waals surface area contributed by atoms with E-state index in [0.717, 1.165) is 25.1 Å². The van der Waals surface area contributed by atoms with Gasteiger partial charge < -0.3 is 4.57 Å². The molecule has 2 nitrogen and oxygen atoms in total. The number of nitrogens with zero attached hydrogens (tertiary/aromatic N) is 2. The smallest absolute Gasteiger partial charge is 0.127 e. The van der Waals surface area contributed by atoms with Gasteiger partial charge in [-0.05, 0) is 42.3 Å². The van der Waals surface area contributed by atoms with Crippen molar-refractivity contribution < 1.29 is 4.39 Å². The number of fused-ring (bicyclic) bond motifs is 1. The second-order valence-electron chi connectivity index (χ2n) is 6.62. The van der Waals surface area contributed by atoms with Crippen LogP contribution in [0.5, 0.6) is 0 Å². The summed E-state index contributed by atoms with van der Waals surface area (Å²) < 4.78 is 16.5. The maximum absolute atomic E-state index is 14.3. The van der Waals surface area contributed by atoms with Crippen LogP contribution in [0.4, 0.5) is 4.39 Å². The van der Waals surface area contributed by atoms with Crippen molar-refractivity contribution in [1.82, 2.24) is 9.47 Å². The average molecular weight is 389 g/mol. The molecule has 0 fully saturated rings. The summed E-state index contributed by atoms with van der Waals surface area (Å²) in [6.45, 7) is 2.37. The fourth-order valence-electron chi connectivity index (χ4n) is 3.72. The third-order valence-electron chi connectivity index (χ3n) is 4.94. The highest BCUT2D eigenvalue weighted by Gasteiger charge is 2.28. The number of halogens is 3. The molecule has 0 spiro atoms. The van der Waals surface area contributed by atoms with E-state index < -0.39 is 0 Å². The number of aryl methyl sites for hydroxylation is 1. The molecule has 0 bridgehead atoms. The average Bonchev–Trinajstić information content (AvgIpc) is 3.01. The van der Waals surface area contributed by atoms with Crippen LogP contribution in [0.25, 0.3) is 0 Å². The van der Waals surface area contributed by atoms with E-state index in [2.05, 4.69) is 27.8 Å². The highest BCUT2D eigenvalue weighted by molar-refractivity contribution is 6.42. The highest BCUT2D eigenvalue weighted by Crippen LogP contribution is 2.35. The number of hydrogen-bond acceptors (Lipinski definition) is 1. The van der Waals surface area contributed by atoms with Crippen LogP contribution in [0.15, 0.2) is 60.8 Å². The number of rotatable bonds is 3. The topological polar surface area (TPSA) is 8.17 Å². The van der Waals surface area contributed by atoms with Crippen LogP contribution in [-0.4, -0.2) is 16.0 Å². The monoisotopic (exact) mass is 388 g/mol. The zero-order valence-electron chi connectivity index (χ0n) is 14.2. The van der Waals surface area contributed by atoms with Crippen molar-refractivity contribution in [2.24, 2.45) is 0 Å². The molecular weight excluding hydrogens is 370 g/mol. The summed E-state index contributed by atoms with van der Waals surface area (Å²) in [5.41, 5.74) is 2.97. The van der Waals surface area contributed by atoms with Gasteiger partial charge in [0.05, 0.1) is 16.1 Å². The summed E-state index contributed by atoms with van der Waals surface area (Å²) in [6.07, 6.45) is 3.11. The molecule has 1 atom stereocenters. The lowest BCUT2D eigenvalue weighted by molar-refractivity contribution is 0.217. The lowest BCUT2D eigenvalue weighted by atomic mass is 10.0. The maximum Gasteiger partial charge on any atom is 0.127 e. The molecule has 0 saturated heterocycles. The highest BCUT2D eigenvalue weighted by atomic mass is 35.5. The molecule has 1 aliphatic rings. The van der Waals surface area contributed by atoms with Gasteiger partial charge in [-0.2, -0.15) is 0 Å². The van der Waals surface area contributed by atoms with E-state index in [1.54, 1.807) is 6.07 Å². The molecule has 0 unspecified atom stereocenters. The first kappa shape index (κ1) is 17.6. The van der Waals surface area contributed by atoms with Gasteiger partial charge in [0, 0.05) is 37.1 Å². The first-order valence-electron chi connectivity index (χ1n) is 8.71. The van der Waals surface area contributed by atoms with Crippen LogP contribution in [0.1, 0.15) is 29.3 Å². The molecule has 3 aromatic rings. The summed E-state index contributed by atoms with van der Waals surface area (Å²) in [5.74, 6) is -0.167. The summed E-state index contributed by atoms with van der Waals surface area (Å²) >= 11 is 12.4. The molecule has 5 heteroatoms. The van der Waals surface area contributed by atoms with Crippen LogP contribution in [0, 0.1) is 5.82 Å². The van der Waals surface area contributed by atoms with Gasteiger partial charge in [0.25, 0.3) is 0 Å². The zero-order chi connectivity index (χ0) is 18.1. The summed E-state index contributed by atoms with van der Waals surface area (Å²) in [7, 11) is 0. The quantitative estimate of drug-likeness (QED) is 0.539. The second-order valence-corrected chi connectivity index (χ2v) is 7.43. The van der Waals surface area contributed by atoms with Crippen molar-refractivity contribution in [3.63, 3.8) is 0 Å². The van der Waals surface area contributed by atoms with Gasteiger partial charge in [-0.25, -0.2) is 4.39 Å². The first-order chi connectivity index (χ1) is 12.6. The Morgan fingerprint density at radius 3 is 2.62 bits per heavy atom. The van der Waals surface area contributed by atoms with E-state index >= 15 is 0 Å². The summed E-state index contributed by atoms with van der Waals surface area (Å²) in [6, 6.07) is 16.9. The molecule has 134 valence electrons. The van der Waals surface area contributed by atoms with E-state index in [1.807, 2.05) is 30.3 Å². The Morgan fingerprint density at radius 2 is 1.81 bits per heavy atom. The molecule has 2 heterocycles. The van der Waals surface area contributed by atoms with Gasteiger partial charge in [-0.1, -0.05) is 47.5 Å². The first-order valence-corrected chi connectivity index (χ1v) is 9.46. The predicted molar refractivity (Wildman–Crippen MR) is 104 cm³/mol. The summed E-state index contributed by atoms with van der Waals surface area (Å²) in [4.78, 5) is 2.32. The van der Waals surface area contributed by atoms with Gasteiger partial charge in [-0.3, -0.25) is 4.90 Å². The normalized spacial score (nSPS) is 17.7. The van der Waals surface area contributed by atoms with Crippen LogP contribution < -0.4 is 0 Å². The fraction of sp³-hybridized carbons (Fsp3) is 0.238. The van der Waals surface area contributed by atoms with Crippen molar-refractivity contribution in [2.75, 3.05) is 6.54 Å². The van der Waals surface area contributed by atoms with E-state index in [4.69, 9.17) is 23.2 Å². The molecule has 26 heavy (non-hydrogen) atoms. The van der Waals surface area contributed by atoms with E-state index in [0.29, 0.717) is 22.2 Å². The van der Waals surface area contributed by atoms with Crippen molar-refractivity contribution in [1.29, 1.82) is 0 Å². The van der Waals surface area contributed by atoms with Crippen molar-refractivity contribution in [3.05, 3.63) is 93.5 Å². The Labute approximate surface area is 162 Å². The van der Waals surface area contributed by atoms with Crippen molar-refractivity contribution in [3.8, 4) is 0 Å². The Hall–Kier alpha value is -1.81. The standard InChI is InChI=1S/C21H19Cl2FN2/c22-17-9-8-15(13-18(17)23)21-20-7-3-10-25(20)11-4-12-26(21)14-16-5-1-2-6-19(16)24/h1-3,5-10,13,21H,4,11-12,14H2/t21-/m1/s1. The zero-order valence-corrected chi connectivity index (χ0v) is 15.7. The number of hydrogen-bond donors (Lipinski definition) is 0. The molecule has 0 saturated carbocycles. The number of aromatic nitrogens is 1. The van der Waals surface area contributed by atoms with Gasteiger partial charge in [0.2, 0.25) is 0 Å². The SMILES string of the molecule is Fc1ccccc1CN1CCCn2cccc2[C@H]1c1ccc(Cl)c(Cl)c1. The van der Waals surface area contributed by atoms with Gasteiger partial charge in [0.15, 0.2) is 0 Å². The molecule has 0 aliphatic carbocycles. The van der Waals surface area contributed by atoms with Crippen molar-refractivity contribution in [2.45, 2.75) is 25.6 Å². The van der Waals surface area contributed by atoms with Crippen LogP contribution in [0.2, 0.25) is 10.0 Å². The minimum Gasteiger partial charge on any atom is -0.350 e. The van der Waals surface area contributed by atoms with Crippen LogP contribution in [0.3, 0.4) is 0 Å². The second kappa shape index (κ2) is 7.43. The van der Waals surface area contributed by atoms with Gasteiger partial charge in [-0.15, -0.1) is 0 Å². The fourth-order valence-corrected chi connectivity index (χ4v) is 4.03. The molecule has 2 aromatic carbocycles. The molecular formula is C21H19Cl2FN2. The third kappa shape index (κ3) is 3.39. The van der Waals surface area contributed by atoms with Crippen LogP contribution >= 0.6 is 23.2 Å². The molecule has 1 aromatic heterocycles. The molecule has 0 amide bonds. The molecule has 0 N–H and O–H groups in total. The van der Waals surface area contributed by atoms with E-state index in [-0.39, 0.29) is 11.9 Å². The predicted octanol–water partition coefficient (Wildman–Crippen LogP) is 5.93. The Morgan fingerprint density at radius 1 is 0.962 bits per heavy atom. The lowest BCUT2D eigenvalue weighted by Crippen LogP contribution is -2.29. The van der Waals surface area contributed by atoms with Crippen LogP contribution in [-0.2, 0) is 13.1 Å². The van der Waals surface area contributed by atoms with Gasteiger partial charge in [0.1, 0.15) is 5.82 Å². The minimum absolute atomic E-state index is 0.00173. The third-order valence-corrected chi connectivity index (χ3v) is 5.68. The Kier molecular flexibility index (Phi) is 5.03. The van der Waals surface area contributed by atoms with Crippen molar-refractivity contribution >= 4 is 23.2 Å². The molecule has 0 radical (unpaired) electrons. The maximum atomic E-state index is 14.3. The minimum atomic E-state index is -0.167. The largest absolute Gasteiger partial charge is 0.350 e. The van der Waals surface area contributed by atoms with E-state index in [9.17, 15) is 4.39 Å². The molecule has 1 aliphatic heterocycles. The summed E-state index contributed by atoms with van der Waals surface area (Å²) in [5, 5.41) is 1.08. The van der Waals surface area contributed by atoms with E-state index in [1.165, 1.54) is 11.8 Å². The Bertz CT molecular complexity index is 922. The Balaban J connectivity index is 1.78.